The third-order valence-electron chi connectivity index (χ3n) is 3.84. The van der Waals surface area contributed by atoms with Crippen LogP contribution in [-0.2, 0) is 9.67 Å². The summed E-state index contributed by atoms with van der Waals surface area (Å²) in [5, 5.41) is 5.25. The third kappa shape index (κ3) is 1.64. The van der Waals surface area contributed by atoms with Gasteiger partial charge in [-0.25, -0.2) is 0 Å². The highest BCUT2D eigenvalue weighted by Gasteiger charge is 2.54. The first-order valence-electron chi connectivity index (χ1n) is 6.69. The molecule has 0 saturated heterocycles. The minimum Gasteiger partial charge on any atom is -0.312 e. The Morgan fingerprint density at radius 1 is 1.10 bits per heavy atom. The number of benzene rings is 2. The van der Waals surface area contributed by atoms with E-state index in [0.717, 1.165) is 21.9 Å². The number of nitrogens with one attached hydrogen (secondary N) is 1. The Kier molecular flexibility index (Phi) is 2.59. The number of rotatable bonds is 1. The van der Waals surface area contributed by atoms with Crippen molar-refractivity contribution in [3.8, 4) is 0 Å². The zero-order valence-corrected chi connectivity index (χ0v) is 12.2. The molecule has 4 rings (SSSR count). The maximum Gasteiger partial charge on any atom is 0.269 e. The lowest BCUT2D eigenvalue weighted by Crippen LogP contribution is -2.43. The summed E-state index contributed by atoms with van der Waals surface area (Å²) in [6, 6.07) is 17.8. The van der Waals surface area contributed by atoms with Gasteiger partial charge in [0.15, 0.2) is 0 Å². The molecule has 1 unspecified atom stereocenters. The van der Waals surface area contributed by atoms with E-state index in [1.807, 2.05) is 54.6 Å². The number of thioether (sulfide) groups is 1. The van der Waals surface area contributed by atoms with Crippen molar-refractivity contribution in [3.05, 3.63) is 65.7 Å². The number of hydrogen-bond acceptors (Lipinski definition) is 4. The van der Waals surface area contributed by atoms with Crippen molar-refractivity contribution >= 4 is 28.4 Å². The molecule has 1 spiro atoms. The van der Waals surface area contributed by atoms with Crippen LogP contribution in [0.3, 0.4) is 0 Å². The first-order valence-corrected chi connectivity index (χ1v) is 7.51. The Balaban J connectivity index is 1.77. The fourth-order valence-corrected chi connectivity index (χ4v) is 3.99. The molecule has 4 nitrogen and oxygen atoms in total. The van der Waals surface area contributed by atoms with Crippen LogP contribution in [0.15, 0.2) is 59.7 Å². The average molecular weight is 295 g/mol. The number of para-hydroxylation sites is 1. The largest absolute Gasteiger partial charge is 0.312 e. The summed E-state index contributed by atoms with van der Waals surface area (Å²) in [5.74, 6) is 0.0170. The summed E-state index contributed by atoms with van der Waals surface area (Å²) in [6.45, 7) is 0. The predicted molar refractivity (Wildman–Crippen MR) is 85.2 cm³/mol. The number of hydrogen-bond donors (Lipinski definition) is 1. The second-order valence-corrected chi connectivity index (χ2v) is 6.26. The van der Waals surface area contributed by atoms with Crippen molar-refractivity contribution in [2.24, 2.45) is 5.10 Å². The van der Waals surface area contributed by atoms with Gasteiger partial charge in [0.1, 0.15) is 5.04 Å². The summed E-state index contributed by atoms with van der Waals surface area (Å²) in [5.41, 5.74) is 6.00. The van der Waals surface area contributed by atoms with Crippen LogP contribution in [0, 0.1) is 0 Å². The lowest BCUT2D eigenvalue weighted by molar-refractivity contribution is -0.120. The SMILES string of the molecule is CN1C(=O)C2(NN=C(c3ccccc3)S2)c2ccccc21. The first-order chi connectivity index (χ1) is 10.2. The molecule has 2 heterocycles. The van der Waals surface area contributed by atoms with Gasteiger partial charge in [0, 0.05) is 18.2 Å². The fourth-order valence-electron chi connectivity index (χ4n) is 2.76. The second-order valence-electron chi connectivity index (χ2n) is 5.06. The first kappa shape index (κ1) is 12.5. The Morgan fingerprint density at radius 3 is 2.62 bits per heavy atom. The molecule has 0 aliphatic carbocycles. The number of nitrogens with zero attached hydrogens (tertiary/aromatic N) is 2. The lowest BCUT2D eigenvalue weighted by atomic mass is 10.1. The molecule has 0 bridgehead atoms. The zero-order chi connectivity index (χ0) is 14.4. The van der Waals surface area contributed by atoms with E-state index in [9.17, 15) is 4.79 Å². The highest BCUT2D eigenvalue weighted by atomic mass is 32.2. The second kappa shape index (κ2) is 4.36. The molecule has 5 heteroatoms. The predicted octanol–water partition coefficient (Wildman–Crippen LogP) is 2.51. The Bertz CT molecular complexity index is 759. The number of carbonyl (C=O) groups excluding carboxylic acids is 1. The van der Waals surface area contributed by atoms with Crippen LogP contribution in [0.5, 0.6) is 0 Å². The standard InChI is InChI=1S/C16H13N3OS/c1-19-13-10-6-5-9-12(13)16(15(19)20)18-17-14(21-16)11-7-3-2-4-8-11/h2-10,18H,1H3. The molecule has 2 aromatic rings. The smallest absolute Gasteiger partial charge is 0.269 e. The molecule has 2 aliphatic heterocycles. The van der Waals surface area contributed by atoms with E-state index in [2.05, 4.69) is 10.5 Å². The molecule has 0 saturated carbocycles. The number of carbonyl (C=O) groups is 1. The van der Waals surface area contributed by atoms with Gasteiger partial charge < -0.3 is 4.90 Å². The van der Waals surface area contributed by atoms with E-state index < -0.39 is 4.87 Å². The van der Waals surface area contributed by atoms with Crippen molar-refractivity contribution in [1.82, 2.24) is 5.43 Å². The fraction of sp³-hybridized carbons (Fsp3) is 0.125. The Labute approximate surface area is 126 Å². The van der Waals surface area contributed by atoms with Gasteiger partial charge in [0.25, 0.3) is 5.91 Å². The van der Waals surface area contributed by atoms with Crippen LogP contribution >= 0.6 is 11.8 Å². The zero-order valence-electron chi connectivity index (χ0n) is 11.4. The van der Waals surface area contributed by atoms with Gasteiger partial charge in [-0.2, -0.15) is 5.10 Å². The van der Waals surface area contributed by atoms with Gasteiger partial charge in [0.2, 0.25) is 4.87 Å². The van der Waals surface area contributed by atoms with Crippen LogP contribution in [0.4, 0.5) is 5.69 Å². The van der Waals surface area contributed by atoms with Gasteiger partial charge in [-0.3, -0.25) is 10.2 Å². The summed E-state index contributed by atoms with van der Waals surface area (Å²) in [7, 11) is 1.80. The minimum atomic E-state index is -0.823. The van der Waals surface area contributed by atoms with Gasteiger partial charge in [-0.1, -0.05) is 60.3 Å². The topological polar surface area (TPSA) is 44.7 Å². The van der Waals surface area contributed by atoms with Crippen molar-refractivity contribution < 1.29 is 4.79 Å². The average Bonchev–Trinajstić information content (AvgIpc) is 3.08. The van der Waals surface area contributed by atoms with Gasteiger partial charge in [-0.15, -0.1) is 0 Å². The summed E-state index contributed by atoms with van der Waals surface area (Å²) < 4.78 is 0. The molecular formula is C16H13N3OS. The lowest BCUT2D eigenvalue weighted by Gasteiger charge is -2.20. The molecule has 21 heavy (non-hydrogen) atoms. The molecule has 1 amide bonds. The van der Waals surface area contributed by atoms with Crippen molar-refractivity contribution in [3.63, 3.8) is 0 Å². The normalized spacial score (nSPS) is 23.2. The van der Waals surface area contributed by atoms with Crippen molar-refractivity contribution in [1.29, 1.82) is 0 Å². The maximum atomic E-state index is 12.7. The molecule has 1 N–H and O–H groups in total. The molecular weight excluding hydrogens is 282 g/mol. The van der Waals surface area contributed by atoms with Gasteiger partial charge in [-0.05, 0) is 6.07 Å². The van der Waals surface area contributed by atoms with E-state index in [1.54, 1.807) is 11.9 Å². The maximum absolute atomic E-state index is 12.7. The number of hydrazone groups is 1. The van der Waals surface area contributed by atoms with Crippen LogP contribution in [0.25, 0.3) is 0 Å². The van der Waals surface area contributed by atoms with E-state index in [0.29, 0.717) is 0 Å². The Morgan fingerprint density at radius 2 is 1.81 bits per heavy atom. The molecule has 0 aromatic heterocycles. The molecule has 0 fully saturated rings. The summed E-state index contributed by atoms with van der Waals surface area (Å²) in [6.07, 6.45) is 0. The van der Waals surface area contributed by atoms with Gasteiger partial charge in [0.05, 0.1) is 5.69 Å². The van der Waals surface area contributed by atoms with E-state index >= 15 is 0 Å². The summed E-state index contributed by atoms with van der Waals surface area (Å²) >= 11 is 1.48. The van der Waals surface area contributed by atoms with E-state index in [4.69, 9.17) is 0 Å². The van der Waals surface area contributed by atoms with Gasteiger partial charge >= 0.3 is 0 Å². The van der Waals surface area contributed by atoms with E-state index in [-0.39, 0.29) is 5.91 Å². The van der Waals surface area contributed by atoms with Crippen LogP contribution < -0.4 is 10.3 Å². The third-order valence-corrected chi connectivity index (χ3v) is 5.15. The quantitative estimate of drug-likeness (QED) is 0.879. The highest BCUT2D eigenvalue weighted by Crippen LogP contribution is 2.49. The van der Waals surface area contributed by atoms with Crippen LogP contribution in [-0.4, -0.2) is 18.0 Å². The van der Waals surface area contributed by atoms with Crippen LogP contribution in [0.2, 0.25) is 0 Å². The Hall–Kier alpha value is -2.27. The molecule has 2 aromatic carbocycles. The number of likely N-dealkylation sites (N-methyl/N-ethyl adjacent to an activating group) is 1. The molecule has 0 radical (unpaired) electrons. The molecule has 2 aliphatic rings. The number of amides is 1. The minimum absolute atomic E-state index is 0.0170. The van der Waals surface area contributed by atoms with Crippen molar-refractivity contribution in [2.75, 3.05) is 11.9 Å². The highest BCUT2D eigenvalue weighted by molar-refractivity contribution is 8.16. The monoisotopic (exact) mass is 295 g/mol. The summed E-state index contributed by atoms with van der Waals surface area (Å²) in [4.78, 5) is 13.6. The number of anilines is 1. The molecule has 1 atom stereocenters. The number of fused-ring (bicyclic) bond motifs is 2. The molecule has 104 valence electrons. The van der Waals surface area contributed by atoms with E-state index in [1.165, 1.54) is 11.8 Å². The van der Waals surface area contributed by atoms with Crippen molar-refractivity contribution in [2.45, 2.75) is 4.87 Å². The van der Waals surface area contributed by atoms with Crippen LogP contribution in [0.1, 0.15) is 11.1 Å².